The molecule has 3 N–H and O–H groups in total. The third kappa shape index (κ3) is 6.63. The molecule has 3 aromatic rings. The van der Waals surface area contributed by atoms with Crippen LogP contribution >= 0.6 is 0 Å². The van der Waals surface area contributed by atoms with Crippen LogP contribution in [0.25, 0.3) is 22.3 Å². The molecule has 4 aliphatic carbocycles. The second-order valence-electron chi connectivity index (χ2n) is 20.7. The fourth-order valence-corrected chi connectivity index (χ4v) is 11.6. The zero-order chi connectivity index (χ0) is 40.2. The zero-order valence-corrected chi connectivity index (χ0v) is 35.5. The van der Waals surface area contributed by atoms with Crippen molar-refractivity contribution in [3.63, 3.8) is 0 Å². The van der Waals surface area contributed by atoms with Gasteiger partial charge in [0.2, 0.25) is 17.7 Å². The number of rotatable bonds is 9. The van der Waals surface area contributed by atoms with Gasteiger partial charge in [0.05, 0.1) is 12.1 Å². The molecule has 3 unspecified atom stereocenters. The summed E-state index contributed by atoms with van der Waals surface area (Å²) in [4.78, 5) is 45.8. The third-order valence-corrected chi connectivity index (χ3v) is 15.2. The minimum atomic E-state index is -0.472. The van der Waals surface area contributed by atoms with Crippen molar-refractivity contribution in [3.05, 3.63) is 70.8 Å². The first kappa shape index (κ1) is 38.5. The number of nitrogens with zero attached hydrogens (tertiary/aromatic N) is 2. The smallest absolute Gasteiger partial charge is 0.247 e. The maximum Gasteiger partial charge on any atom is 0.247 e. The molecule has 302 valence electrons. The summed E-state index contributed by atoms with van der Waals surface area (Å²) >= 11 is 0. The number of amides is 3. The Balaban J connectivity index is 1.06. The van der Waals surface area contributed by atoms with Crippen LogP contribution in [0.4, 0.5) is 11.4 Å². The van der Waals surface area contributed by atoms with Gasteiger partial charge in [-0.2, -0.15) is 0 Å². The van der Waals surface area contributed by atoms with Crippen LogP contribution in [-0.4, -0.2) is 72.8 Å². The average molecular weight is 770 g/mol. The van der Waals surface area contributed by atoms with Crippen LogP contribution < -0.4 is 16.0 Å². The van der Waals surface area contributed by atoms with Crippen LogP contribution in [0, 0.1) is 16.7 Å². The number of likely N-dealkylation sites (N-methyl/N-ethyl adjacent to an activating group) is 2. The highest BCUT2D eigenvalue weighted by Crippen LogP contribution is 2.58. The van der Waals surface area contributed by atoms with E-state index in [1.54, 1.807) is 0 Å². The van der Waals surface area contributed by atoms with E-state index in [9.17, 15) is 14.4 Å². The molecular weight excluding hydrogens is 707 g/mol. The summed E-state index contributed by atoms with van der Waals surface area (Å²) in [6, 6.07) is 16.2. The van der Waals surface area contributed by atoms with Gasteiger partial charge in [0.1, 0.15) is 6.04 Å². The molecule has 8 heteroatoms. The number of carbonyl (C=O) groups excluding carboxylic acids is 3. The van der Waals surface area contributed by atoms with Crippen molar-refractivity contribution >= 4 is 29.1 Å². The SMILES string of the molecule is CNC(C(=O)N1CC2(CC2)CC1C(=O)Nc1cccc(-c2c3c(c(-c4cccc(NC(=O)C5CC6(CC6)CN5C)c4)c4c2C(C)(C)CC4)C(C)(C)CC3)c1)C(C)C. The number of carbonyl (C=O) groups is 3. The van der Waals surface area contributed by atoms with E-state index in [1.807, 2.05) is 24.1 Å². The fourth-order valence-electron chi connectivity index (χ4n) is 11.6. The lowest BCUT2D eigenvalue weighted by atomic mass is 9.73. The van der Waals surface area contributed by atoms with Crippen LogP contribution in [0.1, 0.15) is 115 Å². The predicted molar refractivity (Wildman–Crippen MR) is 229 cm³/mol. The molecule has 8 nitrogen and oxygen atoms in total. The van der Waals surface area contributed by atoms with Crippen molar-refractivity contribution < 1.29 is 14.4 Å². The highest BCUT2D eigenvalue weighted by molar-refractivity contribution is 6.00. The molecule has 2 spiro atoms. The fraction of sp³-hybridized carbons (Fsp3) is 0.571. The van der Waals surface area contributed by atoms with Gasteiger partial charge in [-0.05, 0) is 175 Å². The number of anilines is 2. The zero-order valence-electron chi connectivity index (χ0n) is 35.5. The van der Waals surface area contributed by atoms with Gasteiger partial charge < -0.3 is 20.9 Å². The standard InChI is InChI=1S/C49H63N5O3/c1-29(2)42(50-7)45(57)54-28-49(21-22-49)26-37(54)44(56)52-33-14-10-12-31(24-33)39-35-16-18-46(3,4)40(35)38(34-15-17-47(5,6)41(34)39)30-11-9-13-32(23-30)51-43(55)36-25-48(19-20-48)27-53(36)8/h9-14,23-24,29,36-37,42,50H,15-22,25-28H2,1-8H3,(H,51,55)(H,52,56). The Labute approximate surface area is 339 Å². The highest BCUT2D eigenvalue weighted by Gasteiger charge is 2.56. The Morgan fingerprint density at radius 3 is 1.61 bits per heavy atom. The van der Waals surface area contributed by atoms with Gasteiger partial charge in [0.15, 0.2) is 0 Å². The predicted octanol–water partition coefficient (Wildman–Crippen LogP) is 8.45. The first-order valence-electron chi connectivity index (χ1n) is 21.8. The Hall–Kier alpha value is -4.01. The van der Waals surface area contributed by atoms with Crippen molar-refractivity contribution in [2.75, 3.05) is 37.8 Å². The van der Waals surface area contributed by atoms with Crippen molar-refractivity contribution in [3.8, 4) is 22.3 Å². The van der Waals surface area contributed by atoms with Crippen LogP contribution in [0.3, 0.4) is 0 Å². The number of hydrogen-bond acceptors (Lipinski definition) is 5. The molecule has 2 heterocycles. The Kier molecular flexibility index (Phi) is 9.13. The van der Waals surface area contributed by atoms with Gasteiger partial charge >= 0.3 is 0 Å². The molecule has 0 aromatic heterocycles. The summed E-state index contributed by atoms with van der Waals surface area (Å²) in [7, 11) is 3.93. The van der Waals surface area contributed by atoms with Crippen molar-refractivity contribution in [1.29, 1.82) is 0 Å². The number of hydrogen-bond donors (Lipinski definition) is 3. The van der Waals surface area contributed by atoms with Gasteiger partial charge in [0, 0.05) is 24.5 Å². The molecule has 0 bridgehead atoms. The van der Waals surface area contributed by atoms with Crippen LogP contribution in [0.5, 0.6) is 0 Å². The van der Waals surface area contributed by atoms with E-state index >= 15 is 0 Å². The Morgan fingerprint density at radius 1 is 0.684 bits per heavy atom. The van der Waals surface area contributed by atoms with E-state index in [-0.39, 0.29) is 52.0 Å². The quantitative estimate of drug-likeness (QED) is 0.203. The minimum Gasteiger partial charge on any atom is -0.329 e. The van der Waals surface area contributed by atoms with Crippen LogP contribution in [-0.2, 0) is 38.1 Å². The first-order chi connectivity index (χ1) is 27.0. The van der Waals surface area contributed by atoms with E-state index in [2.05, 4.69) is 106 Å². The molecule has 3 atom stereocenters. The van der Waals surface area contributed by atoms with E-state index in [0.717, 1.165) is 74.8 Å². The van der Waals surface area contributed by atoms with Crippen LogP contribution in [0.15, 0.2) is 48.5 Å². The van der Waals surface area contributed by atoms with Gasteiger partial charge in [-0.3, -0.25) is 19.3 Å². The molecule has 57 heavy (non-hydrogen) atoms. The lowest BCUT2D eigenvalue weighted by molar-refractivity contribution is -0.139. The third-order valence-electron chi connectivity index (χ3n) is 15.2. The normalized spacial score (nSPS) is 24.8. The molecule has 6 aliphatic rings. The summed E-state index contributed by atoms with van der Waals surface area (Å²) in [6.45, 7) is 15.4. The number of likely N-dealkylation sites (tertiary alicyclic amines) is 2. The number of benzene rings is 3. The Morgan fingerprint density at radius 2 is 1.16 bits per heavy atom. The molecule has 3 amide bonds. The largest absolute Gasteiger partial charge is 0.329 e. The molecule has 3 aromatic carbocycles. The monoisotopic (exact) mass is 769 g/mol. The first-order valence-corrected chi connectivity index (χ1v) is 21.8. The molecule has 2 aliphatic heterocycles. The summed E-state index contributed by atoms with van der Waals surface area (Å²) in [5.74, 6) is 0.178. The van der Waals surface area contributed by atoms with Gasteiger partial charge in [0.25, 0.3) is 0 Å². The topological polar surface area (TPSA) is 93.8 Å². The molecule has 9 rings (SSSR count). The average Bonchev–Trinajstić information content (AvgIpc) is 3.93. The van der Waals surface area contributed by atoms with E-state index < -0.39 is 6.04 Å². The summed E-state index contributed by atoms with van der Waals surface area (Å²) in [6.07, 6.45) is 10.4. The molecule has 2 saturated carbocycles. The maximum absolute atomic E-state index is 14.2. The lowest BCUT2D eigenvalue weighted by Crippen LogP contribution is -2.52. The van der Waals surface area contributed by atoms with Gasteiger partial charge in [-0.25, -0.2) is 0 Å². The summed E-state index contributed by atoms with van der Waals surface area (Å²) < 4.78 is 0. The van der Waals surface area contributed by atoms with E-state index in [0.29, 0.717) is 12.0 Å². The second kappa shape index (κ2) is 13.5. The molecular formula is C49H63N5O3. The van der Waals surface area contributed by atoms with E-state index in [4.69, 9.17) is 0 Å². The van der Waals surface area contributed by atoms with Crippen molar-refractivity contribution in [1.82, 2.24) is 15.1 Å². The minimum absolute atomic E-state index is 0.0297. The molecule has 0 radical (unpaired) electrons. The lowest BCUT2D eigenvalue weighted by Gasteiger charge is -2.31. The van der Waals surface area contributed by atoms with Gasteiger partial charge in [-0.1, -0.05) is 65.8 Å². The van der Waals surface area contributed by atoms with Crippen molar-refractivity contribution in [2.45, 2.75) is 135 Å². The number of nitrogens with one attached hydrogen (secondary N) is 3. The maximum atomic E-state index is 14.2. The van der Waals surface area contributed by atoms with Gasteiger partial charge in [-0.15, -0.1) is 0 Å². The molecule has 2 saturated heterocycles. The van der Waals surface area contributed by atoms with E-state index in [1.165, 1.54) is 51.8 Å². The second-order valence-corrected chi connectivity index (χ2v) is 20.7. The molecule has 4 fully saturated rings. The summed E-state index contributed by atoms with van der Waals surface area (Å²) in [5.41, 5.74) is 12.7. The highest BCUT2D eigenvalue weighted by atomic mass is 16.2. The summed E-state index contributed by atoms with van der Waals surface area (Å²) in [5, 5.41) is 9.85. The van der Waals surface area contributed by atoms with Crippen molar-refractivity contribution in [2.24, 2.45) is 16.7 Å². The van der Waals surface area contributed by atoms with Crippen LogP contribution in [0.2, 0.25) is 0 Å². The Bertz CT molecular complexity index is 2160. The number of fused-ring (bicyclic) bond motifs is 2.